The lowest BCUT2D eigenvalue weighted by molar-refractivity contribution is -0.123. The van der Waals surface area contributed by atoms with Crippen LogP contribution in [0.4, 0.5) is 4.39 Å². The number of carbonyl (C=O) groups is 1. The molecule has 6 heteroatoms. The maximum atomic E-state index is 13.0. The summed E-state index contributed by atoms with van der Waals surface area (Å²) in [5.74, 6) is 0.272. The molecule has 1 amide bonds. The lowest BCUT2D eigenvalue weighted by Crippen LogP contribution is -2.44. The number of methoxy groups -OCH3 is 1. The number of pyridine rings is 1. The van der Waals surface area contributed by atoms with E-state index in [4.69, 9.17) is 4.74 Å². The number of carbonyl (C=O) groups excluding carboxylic acids is 1. The number of hydrogen-bond donors (Lipinski definition) is 1. The van der Waals surface area contributed by atoms with Crippen molar-refractivity contribution >= 4 is 5.91 Å². The summed E-state index contributed by atoms with van der Waals surface area (Å²) in [7, 11) is 1.64. The summed E-state index contributed by atoms with van der Waals surface area (Å²) in [6, 6.07) is 10.9. The van der Waals surface area contributed by atoms with Gasteiger partial charge in [-0.05, 0) is 68.6 Å². The predicted molar refractivity (Wildman–Crippen MR) is 111 cm³/mol. The number of piperidine rings is 1. The van der Waals surface area contributed by atoms with E-state index >= 15 is 0 Å². The first-order chi connectivity index (χ1) is 14.0. The van der Waals surface area contributed by atoms with Gasteiger partial charge in [-0.15, -0.1) is 0 Å². The van der Waals surface area contributed by atoms with Gasteiger partial charge in [0.25, 0.3) is 0 Å². The lowest BCUT2D eigenvalue weighted by Gasteiger charge is -2.31. The van der Waals surface area contributed by atoms with Crippen LogP contribution in [0.2, 0.25) is 0 Å². The predicted octanol–water partition coefficient (Wildman–Crippen LogP) is 3.14. The average molecular weight is 400 g/mol. The molecule has 5 nitrogen and oxygen atoms in total. The van der Waals surface area contributed by atoms with E-state index in [9.17, 15) is 9.18 Å². The van der Waals surface area contributed by atoms with Crippen molar-refractivity contribution in [1.29, 1.82) is 0 Å². The normalized spacial score (nSPS) is 16.5. The Morgan fingerprint density at radius 1 is 1.21 bits per heavy atom. The highest BCUT2D eigenvalue weighted by atomic mass is 19.1. The Morgan fingerprint density at radius 2 is 1.90 bits per heavy atom. The smallest absolute Gasteiger partial charge is 0.234 e. The second-order valence-electron chi connectivity index (χ2n) is 7.87. The molecule has 1 aromatic heterocycles. The van der Waals surface area contributed by atoms with Gasteiger partial charge in [0.05, 0.1) is 13.2 Å². The van der Waals surface area contributed by atoms with E-state index in [-0.39, 0.29) is 17.8 Å². The number of nitrogens with zero attached hydrogens (tertiary/aromatic N) is 2. The van der Waals surface area contributed by atoms with E-state index in [2.05, 4.69) is 27.3 Å². The third-order valence-corrected chi connectivity index (χ3v) is 5.37. The average Bonchev–Trinajstić information content (AvgIpc) is 2.71. The Morgan fingerprint density at radius 3 is 2.52 bits per heavy atom. The summed E-state index contributed by atoms with van der Waals surface area (Å²) in [5, 5.41) is 2.96. The molecule has 1 aliphatic heterocycles. The number of likely N-dealkylation sites (tertiary alicyclic amines) is 1. The van der Waals surface area contributed by atoms with E-state index in [0.29, 0.717) is 19.1 Å². The number of benzene rings is 1. The minimum atomic E-state index is -0.212. The summed E-state index contributed by atoms with van der Waals surface area (Å²) in [5.41, 5.74) is 3.32. The number of hydrogen-bond acceptors (Lipinski definition) is 4. The van der Waals surface area contributed by atoms with Crippen molar-refractivity contribution in [3.8, 4) is 0 Å². The van der Waals surface area contributed by atoms with Crippen LogP contribution < -0.4 is 5.32 Å². The maximum Gasteiger partial charge on any atom is 0.234 e. The van der Waals surface area contributed by atoms with Crippen LogP contribution in [-0.2, 0) is 16.0 Å². The first-order valence-electron chi connectivity index (χ1n) is 10.2. The lowest BCUT2D eigenvalue weighted by atomic mass is 9.92. The molecule has 0 saturated carbocycles. The molecule has 2 heterocycles. The highest BCUT2D eigenvalue weighted by Crippen LogP contribution is 2.26. The van der Waals surface area contributed by atoms with Gasteiger partial charge >= 0.3 is 0 Å². The number of ether oxygens (including phenoxy) is 1. The fourth-order valence-corrected chi connectivity index (χ4v) is 3.82. The fourth-order valence-electron chi connectivity index (χ4n) is 3.82. The molecular weight excluding hydrogens is 369 g/mol. The van der Waals surface area contributed by atoms with E-state index in [1.807, 2.05) is 25.3 Å². The molecule has 1 aliphatic rings. The van der Waals surface area contributed by atoms with Gasteiger partial charge in [-0.2, -0.15) is 0 Å². The molecule has 3 rings (SSSR count). The number of halogens is 1. The zero-order chi connectivity index (χ0) is 20.6. The van der Waals surface area contributed by atoms with E-state index in [1.54, 1.807) is 7.11 Å². The standard InChI is InChI=1S/C23H30FN3O2/c1-17(16-29-2)26-23(28)15-27-11-9-20(10-12-27)22-8-5-19(14-25-22)13-18-3-6-21(24)7-4-18/h3-8,14,17,20H,9-13,15-16H2,1-2H3,(H,26,28)/t17-/m0/s1. The highest BCUT2D eigenvalue weighted by Gasteiger charge is 2.23. The van der Waals surface area contributed by atoms with Crippen molar-refractivity contribution in [2.24, 2.45) is 0 Å². The van der Waals surface area contributed by atoms with Crippen LogP contribution >= 0.6 is 0 Å². The van der Waals surface area contributed by atoms with Gasteiger partial charge in [0.15, 0.2) is 0 Å². The van der Waals surface area contributed by atoms with Crippen molar-refractivity contribution in [2.75, 3.05) is 33.4 Å². The molecule has 1 saturated heterocycles. The Bertz CT molecular complexity index is 772. The van der Waals surface area contributed by atoms with Gasteiger partial charge < -0.3 is 10.1 Å². The van der Waals surface area contributed by atoms with Gasteiger partial charge in [-0.1, -0.05) is 18.2 Å². The number of nitrogens with one attached hydrogen (secondary N) is 1. The van der Waals surface area contributed by atoms with Crippen LogP contribution in [0, 0.1) is 5.82 Å². The topological polar surface area (TPSA) is 54.5 Å². The fraction of sp³-hybridized carbons (Fsp3) is 0.478. The second-order valence-corrected chi connectivity index (χ2v) is 7.87. The summed E-state index contributed by atoms with van der Waals surface area (Å²) in [6.45, 7) is 4.70. The molecule has 1 N–H and O–H groups in total. The van der Waals surface area contributed by atoms with E-state index in [1.165, 1.54) is 12.1 Å². The Hall–Kier alpha value is -2.31. The summed E-state index contributed by atoms with van der Waals surface area (Å²) in [4.78, 5) is 19.0. The van der Waals surface area contributed by atoms with Crippen LogP contribution in [0.25, 0.3) is 0 Å². The first kappa shape index (κ1) is 21.4. The number of aromatic nitrogens is 1. The summed E-state index contributed by atoms with van der Waals surface area (Å²) >= 11 is 0. The molecule has 1 fully saturated rings. The molecule has 0 unspecified atom stereocenters. The molecule has 0 bridgehead atoms. The largest absolute Gasteiger partial charge is 0.383 e. The minimum absolute atomic E-state index is 0.0302. The third-order valence-electron chi connectivity index (χ3n) is 5.37. The first-order valence-corrected chi connectivity index (χ1v) is 10.2. The molecule has 156 valence electrons. The molecule has 0 spiro atoms. The molecule has 29 heavy (non-hydrogen) atoms. The van der Waals surface area contributed by atoms with Crippen molar-refractivity contribution in [1.82, 2.24) is 15.2 Å². The maximum absolute atomic E-state index is 13.0. The molecule has 1 aromatic carbocycles. The Labute approximate surface area is 172 Å². The molecule has 1 atom stereocenters. The molecular formula is C23H30FN3O2. The highest BCUT2D eigenvalue weighted by molar-refractivity contribution is 5.78. The van der Waals surface area contributed by atoms with Crippen LogP contribution in [-0.4, -0.2) is 55.2 Å². The number of amides is 1. The van der Waals surface area contributed by atoms with Gasteiger partial charge in [-0.3, -0.25) is 14.7 Å². The van der Waals surface area contributed by atoms with Crippen LogP contribution in [0.15, 0.2) is 42.6 Å². The summed E-state index contributed by atoms with van der Waals surface area (Å²) < 4.78 is 18.1. The zero-order valence-electron chi connectivity index (χ0n) is 17.2. The van der Waals surface area contributed by atoms with Crippen molar-refractivity contribution in [3.05, 3.63) is 65.2 Å². The molecule has 0 aliphatic carbocycles. The monoisotopic (exact) mass is 399 g/mol. The second kappa shape index (κ2) is 10.5. The van der Waals surface area contributed by atoms with Crippen LogP contribution in [0.5, 0.6) is 0 Å². The van der Waals surface area contributed by atoms with Crippen molar-refractivity contribution in [2.45, 2.75) is 38.1 Å². The van der Waals surface area contributed by atoms with Gasteiger partial charge in [0.1, 0.15) is 5.82 Å². The van der Waals surface area contributed by atoms with Crippen LogP contribution in [0.3, 0.4) is 0 Å². The van der Waals surface area contributed by atoms with Crippen molar-refractivity contribution < 1.29 is 13.9 Å². The molecule has 2 aromatic rings. The third kappa shape index (κ3) is 6.61. The Kier molecular flexibility index (Phi) is 7.72. The van der Waals surface area contributed by atoms with E-state index < -0.39 is 0 Å². The minimum Gasteiger partial charge on any atom is -0.383 e. The van der Waals surface area contributed by atoms with E-state index in [0.717, 1.165) is 49.2 Å². The van der Waals surface area contributed by atoms with Crippen LogP contribution in [0.1, 0.15) is 42.5 Å². The molecule has 0 radical (unpaired) electrons. The van der Waals surface area contributed by atoms with Crippen molar-refractivity contribution in [3.63, 3.8) is 0 Å². The number of rotatable bonds is 8. The van der Waals surface area contributed by atoms with Gasteiger partial charge in [0, 0.05) is 31.0 Å². The zero-order valence-corrected chi connectivity index (χ0v) is 17.2. The Balaban J connectivity index is 1.45. The quantitative estimate of drug-likeness (QED) is 0.741. The SMILES string of the molecule is COC[C@H](C)NC(=O)CN1CCC(c2ccc(Cc3ccc(F)cc3)cn2)CC1. The van der Waals surface area contributed by atoms with Gasteiger partial charge in [-0.25, -0.2) is 4.39 Å². The summed E-state index contributed by atoms with van der Waals surface area (Å²) in [6.07, 6.45) is 4.69. The van der Waals surface area contributed by atoms with Gasteiger partial charge in [0.2, 0.25) is 5.91 Å².